The maximum Gasteiger partial charge on any atom is 0.343 e. The summed E-state index contributed by atoms with van der Waals surface area (Å²) < 4.78 is 10.3. The number of benzene rings is 3. The van der Waals surface area contributed by atoms with E-state index in [1.807, 2.05) is 0 Å². The summed E-state index contributed by atoms with van der Waals surface area (Å²) in [6.07, 6.45) is 0. The lowest BCUT2D eigenvalue weighted by atomic mass is 10.1. The summed E-state index contributed by atoms with van der Waals surface area (Å²) in [5, 5.41) is 18.3. The Morgan fingerprint density at radius 1 is 0.600 bits per heavy atom. The Bertz CT molecular complexity index is 1120. The van der Waals surface area contributed by atoms with Gasteiger partial charge in [-0.2, -0.15) is 0 Å². The van der Waals surface area contributed by atoms with E-state index in [2.05, 4.69) is 0 Å². The van der Waals surface area contributed by atoms with Crippen molar-refractivity contribution in [2.24, 2.45) is 0 Å². The van der Waals surface area contributed by atoms with Gasteiger partial charge in [0.25, 0.3) is 0 Å². The van der Waals surface area contributed by atoms with Crippen LogP contribution in [0.15, 0.2) is 72.8 Å². The second-order valence-corrected chi connectivity index (χ2v) is 5.99. The van der Waals surface area contributed by atoms with E-state index in [4.69, 9.17) is 14.6 Å². The predicted octanol–water partition coefficient (Wildman–Crippen LogP) is 3.52. The Kier molecular flexibility index (Phi) is 5.88. The number of esters is 2. The van der Waals surface area contributed by atoms with E-state index in [9.17, 15) is 24.3 Å². The van der Waals surface area contributed by atoms with Crippen LogP contribution in [0.2, 0.25) is 0 Å². The van der Waals surface area contributed by atoms with E-state index in [0.29, 0.717) is 5.56 Å². The fourth-order valence-corrected chi connectivity index (χ4v) is 2.47. The van der Waals surface area contributed by atoms with Gasteiger partial charge in [0, 0.05) is 0 Å². The quantitative estimate of drug-likeness (QED) is 0.470. The number of ether oxygens (including phenoxy) is 2. The third-order valence-corrected chi connectivity index (χ3v) is 3.97. The molecule has 3 aromatic rings. The standard InChI is InChI=1S/C22H14O8/c23-19(24)15-8-11-17(20(25)26)18(12-15)30-22(28)14-6-9-16(10-7-14)29-21(27)13-4-2-1-3-5-13/h1-12H,(H,23,24)(H,25,26). The molecule has 0 spiro atoms. The summed E-state index contributed by atoms with van der Waals surface area (Å²) in [4.78, 5) is 46.8. The molecular weight excluding hydrogens is 392 g/mol. The zero-order chi connectivity index (χ0) is 21.7. The SMILES string of the molecule is O=C(O)c1ccc(C(=O)O)c(OC(=O)c2ccc(OC(=O)c3ccccc3)cc2)c1. The highest BCUT2D eigenvalue weighted by Crippen LogP contribution is 2.23. The van der Waals surface area contributed by atoms with Crippen molar-refractivity contribution in [1.29, 1.82) is 0 Å². The highest BCUT2D eigenvalue weighted by atomic mass is 16.5. The third-order valence-electron chi connectivity index (χ3n) is 3.97. The molecule has 0 radical (unpaired) electrons. The monoisotopic (exact) mass is 406 g/mol. The van der Waals surface area contributed by atoms with E-state index in [1.165, 1.54) is 24.3 Å². The van der Waals surface area contributed by atoms with E-state index >= 15 is 0 Å². The highest BCUT2D eigenvalue weighted by Gasteiger charge is 2.18. The molecule has 0 saturated heterocycles. The van der Waals surface area contributed by atoms with Gasteiger partial charge in [-0.25, -0.2) is 19.2 Å². The first-order chi connectivity index (χ1) is 14.3. The lowest BCUT2D eigenvalue weighted by molar-refractivity contribution is 0.0663. The number of carbonyl (C=O) groups excluding carboxylic acids is 2. The molecule has 3 rings (SSSR count). The molecule has 0 atom stereocenters. The maximum absolute atomic E-state index is 12.4. The molecule has 0 aliphatic heterocycles. The summed E-state index contributed by atoms with van der Waals surface area (Å²) in [5.74, 6) is -4.35. The highest BCUT2D eigenvalue weighted by molar-refractivity contribution is 5.97. The number of aromatic carboxylic acids is 2. The Morgan fingerprint density at radius 2 is 1.17 bits per heavy atom. The van der Waals surface area contributed by atoms with Crippen LogP contribution in [-0.4, -0.2) is 34.1 Å². The minimum atomic E-state index is -1.38. The summed E-state index contributed by atoms with van der Waals surface area (Å²) >= 11 is 0. The van der Waals surface area contributed by atoms with E-state index in [0.717, 1.165) is 18.2 Å². The molecule has 8 heteroatoms. The Balaban J connectivity index is 1.75. The lowest BCUT2D eigenvalue weighted by Crippen LogP contribution is -2.13. The molecule has 0 bridgehead atoms. The third kappa shape index (κ3) is 4.68. The van der Waals surface area contributed by atoms with Crippen molar-refractivity contribution >= 4 is 23.9 Å². The van der Waals surface area contributed by atoms with Crippen molar-refractivity contribution in [2.75, 3.05) is 0 Å². The first-order valence-corrected chi connectivity index (χ1v) is 8.55. The van der Waals surface area contributed by atoms with Crippen molar-refractivity contribution in [3.63, 3.8) is 0 Å². The van der Waals surface area contributed by atoms with Crippen LogP contribution in [0.5, 0.6) is 11.5 Å². The molecule has 0 heterocycles. The van der Waals surface area contributed by atoms with Crippen molar-refractivity contribution in [3.8, 4) is 11.5 Å². The van der Waals surface area contributed by atoms with Gasteiger partial charge in [0.15, 0.2) is 0 Å². The largest absolute Gasteiger partial charge is 0.478 e. The summed E-state index contributed by atoms with van der Waals surface area (Å²) in [6, 6.07) is 16.9. The smallest absolute Gasteiger partial charge is 0.343 e. The molecule has 30 heavy (non-hydrogen) atoms. The van der Waals surface area contributed by atoms with Gasteiger partial charge in [0.1, 0.15) is 17.1 Å². The average molecular weight is 406 g/mol. The zero-order valence-corrected chi connectivity index (χ0v) is 15.3. The van der Waals surface area contributed by atoms with Gasteiger partial charge in [-0.15, -0.1) is 0 Å². The molecule has 0 fully saturated rings. The average Bonchev–Trinajstić information content (AvgIpc) is 2.74. The number of rotatable bonds is 6. The van der Waals surface area contributed by atoms with Crippen LogP contribution < -0.4 is 9.47 Å². The van der Waals surface area contributed by atoms with Crippen LogP contribution in [0, 0.1) is 0 Å². The van der Waals surface area contributed by atoms with Crippen LogP contribution in [0.4, 0.5) is 0 Å². The molecular formula is C22H14O8. The van der Waals surface area contributed by atoms with E-state index in [-0.39, 0.29) is 22.4 Å². The molecule has 150 valence electrons. The van der Waals surface area contributed by atoms with Crippen LogP contribution in [-0.2, 0) is 0 Å². The Labute approximate surface area is 169 Å². The first kappa shape index (κ1) is 20.3. The van der Waals surface area contributed by atoms with Gasteiger partial charge in [-0.05, 0) is 54.6 Å². The molecule has 3 aromatic carbocycles. The molecule has 8 nitrogen and oxygen atoms in total. The minimum absolute atomic E-state index is 0.0478. The van der Waals surface area contributed by atoms with Crippen molar-refractivity contribution < 1.29 is 38.9 Å². The summed E-state index contributed by atoms with van der Waals surface area (Å²) in [6.45, 7) is 0. The fourth-order valence-electron chi connectivity index (χ4n) is 2.47. The van der Waals surface area contributed by atoms with Crippen molar-refractivity contribution in [1.82, 2.24) is 0 Å². The molecule has 0 unspecified atom stereocenters. The Hall–Kier alpha value is -4.46. The zero-order valence-electron chi connectivity index (χ0n) is 15.3. The van der Waals surface area contributed by atoms with Crippen LogP contribution in [0.3, 0.4) is 0 Å². The van der Waals surface area contributed by atoms with Gasteiger partial charge in [-0.3, -0.25) is 0 Å². The second kappa shape index (κ2) is 8.70. The molecule has 0 saturated carbocycles. The van der Waals surface area contributed by atoms with E-state index in [1.54, 1.807) is 30.3 Å². The number of hydrogen-bond donors (Lipinski definition) is 2. The summed E-state index contributed by atoms with van der Waals surface area (Å²) in [5.41, 5.74) is -0.181. The number of carbonyl (C=O) groups is 4. The molecule has 0 aliphatic carbocycles. The molecule has 0 aromatic heterocycles. The van der Waals surface area contributed by atoms with Gasteiger partial charge < -0.3 is 19.7 Å². The topological polar surface area (TPSA) is 127 Å². The number of carboxylic acid groups (broad SMARTS) is 2. The van der Waals surface area contributed by atoms with Crippen molar-refractivity contribution in [2.45, 2.75) is 0 Å². The first-order valence-electron chi connectivity index (χ1n) is 8.55. The minimum Gasteiger partial charge on any atom is -0.478 e. The lowest BCUT2D eigenvalue weighted by Gasteiger charge is -2.09. The molecule has 0 aliphatic rings. The van der Waals surface area contributed by atoms with Gasteiger partial charge in [-0.1, -0.05) is 18.2 Å². The maximum atomic E-state index is 12.4. The van der Waals surface area contributed by atoms with Crippen molar-refractivity contribution in [3.05, 3.63) is 95.1 Å². The molecule has 0 amide bonds. The summed E-state index contributed by atoms with van der Waals surface area (Å²) in [7, 11) is 0. The molecule has 2 N–H and O–H groups in total. The van der Waals surface area contributed by atoms with Gasteiger partial charge in [0.2, 0.25) is 0 Å². The van der Waals surface area contributed by atoms with E-state index < -0.39 is 29.6 Å². The van der Waals surface area contributed by atoms with Gasteiger partial charge >= 0.3 is 23.9 Å². The Morgan fingerprint density at radius 3 is 1.77 bits per heavy atom. The predicted molar refractivity (Wildman–Crippen MR) is 103 cm³/mol. The fraction of sp³-hybridized carbons (Fsp3) is 0. The number of carboxylic acids is 2. The van der Waals surface area contributed by atoms with Gasteiger partial charge in [0.05, 0.1) is 16.7 Å². The van der Waals surface area contributed by atoms with Crippen LogP contribution in [0.25, 0.3) is 0 Å². The van der Waals surface area contributed by atoms with Crippen LogP contribution >= 0.6 is 0 Å². The second-order valence-electron chi connectivity index (χ2n) is 5.99. The van der Waals surface area contributed by atoms with Crippen LogP contribution in [0.1, 0.15) is 41.4 Å². The number of hydrogen-bond acceptors (Lipinski definition) is 6. The normalized spacial score (nSPS) is 10.1.